The number of ether oxygens (including phenoxy) is 1. The summed E-state index contributed by atoms with van der Waals surface area (Å²) in [7, 11) is 0. The highest BCUT2D eigenvalue weighted by molar-refractivity contribution is 7.99. The van der Waals surface area contributed by atoms with Crippen LogP contribution in [0.3, 0.4) is 0 Å². The normalized spacial score (nSPS) is 12.4. The lowest BCUT2D eigenvalue weighted by atomic mass is 10.2. The highest BCUT2D eigenvalue weighted by Gasteiger charge is 2.13. The number of nitrogens with zero attached hydrogens (tertiary/aromatic N) is 2. The van der Waals surface area contributed by atoms with Crippen molar-refractivity contribution in [2.45, 2.75) is 50.4 Å². The molecule has 0 aromatic carbocycles. The fraction of sp³-hybridized carbons (Fsp3) is 0.643. The van der Waals surface area contributed by atoms with Crippen LogP contribution in [0, 0.1) is 5.92 Å². The van der Waals surface area contributed by atoms with Gasteiger partial charge in [-0.25, -0.2) is 9.97 Å². The third-order valence-corrected chi connectivity index (χ3v) is 3.84. The Hall–Kier alpha value is -1.10. The van der Waals surface area contributed by atoms with Crippen LogP contribution in [0.25, 0.3) is 0 Å². The van der Waals surface area contributed by atoms with Crippen LogP contribution in [0.2, 0.25) is 0 Å². The maximum atomic E-state index is 11.6. The number of hydrogen-bond donors (Lipinski definition) is 0. The third-order valence-electron chi connectivity index (χ3n) is 2.52. The van der Waals surface area contributed by atoms with Crippen molar-refractivity contribution < 1.29 is 9.53 Å². The second kappa shape index (κ2) is 8.91. The van der Waals surface area contributed by atoms with Gasteiger partial charge in [0.25, 0.3) is 0 Å². The number of hydrogen-bond acceptors (Lipinski definition) is 5. The van der Waals surface area contributed by atoms with Crippen LogP contribution in [0.5, 0.6) is 0 Å². The molecule has 0 aliphatic heterocycles. The Morgan fingerprint density at radius 3 is 2.63 bits per heavy atom. The van der Waals surface area contributed by atoms with Gasteiger partial charge in [-0.2, -0.15) is 0 Å². The van der Waals surface area contributed by atoms with Crippen LogP contribution in [-0.4, -0.2) is 27.8 Å². The maximum Gasteiger partial charge on any atom is 0.305 e. The summed E-state index contributed by atoms with van der Waals surface area (Å²) in [5.41, 5.74) is 0. The Balaban J connectivity index is 2.31. The highest BCUT2D eigenvalue weighted by Crippen LogP contribution is 2.25. The van der Waals surface area contributed by atoms with Gasteiger partial charge in [-0.15, -0.1) is 0 Å². The molecule has 106 valence electrons. The van der Waals surface area contributed by atoms with Crippen LogP contribution in [0.1, 0.15) is 40.0 Å². The van der Waals surface area contributed by atoms with Crippen LogP contribution in [0.4, 0.5) is 0 Å². The molecule has 0 aliphatic carbocycles. The monoisotopic (exact) mass is 282 g/mol. The number of rotatable bonds is 8. The average Bonchev–Trinajstić information content (AvgIpc) is 2.42. The molecule has 4 nitrogen and oxygen atoms in total. The van der Waals surface area contributed by atoms with Crippen LogP contribution in [0.15, 0.2) is 23.6 Å². The SMILES string of the molecule is CC[C@H](CCC(=O)OCC(C)C)Sc1ncccn1. The molecule has 0 radical (unpaired) electrons. The molecule has 0 fully saturated rings. The Kier molecular flexibility index (Phi) is 7.48. The molecule has 0 amide bonds. The van der Waals surface area contributed by atoms with Crippen molar-refractivity contribution in [1.82, 2.24) is 9.97 Å². The van der Waals surface area contributed by atoms with Gasteiger partial charge in [-0.3, -0.25) is 4.79 Å². The van der Waals surface area contributed by atoms with E-state index in [4.69, 9.17) is 4.74 Å². The number of carbonyl (C=O) groups excluding carboxylic acids is 1. The average molecular weight is 282 g/mol. The maximum absolute atomic E-state index is 11.6. The van der Waals surface area contributed by atoms with Crippen LogP contribution >= 0.6 is 11.8 Å². The molecule has 0 saturated carbocycles. The number of esters is 1. The second-order valence-corrected chi connectivity index (χ2v) is 6.06. The lowest BCUT2D eigenvalue weighted by Crippen LogP contribution is -2.12. The molecule has 1 atom stereocenters. The molecule has 1 rings (SSSR count). The van der Waals surface area contributed by atoms with Crippen molar-refractivity contribution in [1.29, 1.82) is 0 Å². The highest BCUT2D eigenvalue weighted by atomic mass is 32.2. The van der Waals surface area contributed by atoms with Gasteiger partial charge < -0.3 is 4.74 Å². The van der Waals surface area contributed by atoms with E-state index < -0.39 is 0 Å². The van der Waals surface area contributed by atoms with Crippen LogP contribution in [-0.2, 0) is 9.53 Å². The Labute approximate surface area is 119 Å². The summed E-state index contributed by atoms with van der Waals surface area (Å²) in [6.07, 6.45) is 5.72. The molecule has 5 heteroatoms. The third kappa shape index (κ3) is 7.15. The smallest absolute Gasteiger partial charge is 0.305 e. The predicted octanol–water partition coefficient (Wildman–Crippen LogP) is 3.33. The molecule has 0 N–H and O–H groups in total. The minimum absolute atomic E-state index is 0.110. The standard InChI is InChI=1S/C14H22N2O2S/c1-4-12(19-14-15-8-5-9-16-14)6-7-13(17)18-10-11(2)3/h5,8-9,11-12H,4,6-7,10H2,1-3H3/t12-/m1/s1. The molecule has 0 spiro atoms. The van der Waals surface area contributed by atoms with E-state index in [0.717, 1.165) is 18.0 Å². The van der Waals surface area contributed by atoms with Gasteiger partial charge in [0.2, 0.25) is 0 Å². The van der Waals surface area contributed by atoms with Gasteiger partial charge in [0, 0.05) is 24.1 Å². The van der Waals surface area contributed by atoms with Gasteiger partial charge in [0.1, 0.15) is 0 Å². The number of thioether (sulfide) groups is 1. The molecule has 0 bridgehead atoms. The summed E-state index contributed by atoms with van der Waals surface area (Å²) >= 11 is 1.63. The van der Waals surface area contributed by atoms with E-state index in [0.29, 0.717) is 24.2 Å². The Morgan fingerprint density at radius 2 is 2.05 bits per heavy atom. The van der Waals surface area contributed by atoms with Crippen molar-refractivity contribution in [2.75, 3.05) is 6.61 Å². The quantitative estimate of drug-likeness (QED) is 0.416. The minimum Gasteiger partial charge on any atom is -0.465 e. The number of aromatic nitrogens is 2. The fourth-order valence-electron chi connectivity index (χ4n) is 1.45. The van der Waals surface area contributed by atoms with E-state index in [-0.39, 0.29) is 5.97 Å². The Morgan fingerprint density at radius 1 is 1.37 bits per heavy atom. The molecule has 0 aliphatic rings. The van der Waals surface area contributed by atoms with E-state index in [2.05, 4.69) is 16.9 Å². The van der Waals surface area contributed by atoms with Gasteiger partial charge in [-0.05, 0) is 24.8 Å². The van der Waals surface area contributed by atoms with Crippen molar-refractivity contribution >= 4 is 17.7 Å². The van der Waals surface area contributed by atoms with E-state index in [1.807, 2.05) is 13.8 Å². The van der Waals surface area contributed by atoms with E-state index in [9.17, 15) is 4.79 Å². The topological polar surface area (TPSA) is 52.1 Å². The first kappa shape index (κ1) is 16.0. The summed E-state index contributed by atoms with van der Waals surface area (Å²) < 4.78 is 5.17. The zero-order chi connectivity index (χ0) is 14.1. The molecular formula is C14H22N2O2S. The predicted molar refractivity (Wildman–Crippen MR) is 77.0 cm³/mol. The lowest BCUT2D eigenvalue weighted by molar-refractivity contribution is -0.144. The fourth-order valence-corrected chi connectivity index (χ4v) is 2.40. The van der Waals surface area contributed by atoms with Gasteiger partial charge in [-0.1, -0.05) is 32.5 Å². The van der Waals surface area contributed by atoms with Gasteiger partial charge in [0.15, 0.2) is 5.16 Å². The summed E-state index contributed by atoms with van der Waals surface area (Å²) in [5.74, 6) is 0.278. The molecule has 1 aromatic rings. The van der Waals surface area contributed by atoms with Gasteiger partial charge in [0.05, 0.1) is 6.61 Å². The molecule has 19 heavy (non-hydrogen) atoms. The van der Waals surface area contributed by atoms with E-state index in [1.165, 1.54) is 0 Å². The van der Waals surface area contributed by atoms with Crippen LogP contribution < -0.4 is 0 Å². The van der Waals surface area contributed by atoms with Crippen molar-refractivity contribution in [3.63, 3.8) is 0 Å². The lowest BCUT2D eigenvalue weighted by Gasteiger charge is -2.13. The summed E-state index contributed by atoms with van der Waals surface area (Å²) in [5, 5.41) is 1.12. The van der Waals surface area contributed by atoms with Crippen molar-refractivity contribution in [2.24, 2.45) is 5.92 Å². The molecular weight excluding hydrogens is 260 g/mol. The molecule has 1 heterocycles. The molecule has 0 unspecified atom stereocenters. The first-order valence-electron chi connectivity index (χ1n) is 6.71. The number of carbonyl (C=O) groups is 1. The molecule has 1 aromatic heterocycles. The van der Waals surface area contributed by atoms with Gasteiger partial charge >= 0.3 is 5.97 Å². The zero-order valence-corrected chi connectivity index (χ0v) is 12.7. The zero-order valence-electron chi connectivity index (χ0n) is 11.8. The Bertz CT molecular complexity index is 371. The van der Waals surface area contributed by atoms with E-state index in [1.54, 1.807) is 30.2 Å². The first-order valence-corrected chi connectivity index (χ1v) is 7.59. The largest absolute Gasteiger partial charge is 0.465 e. The van der Waals surface area contributed by atoms with Crippen molar-refractivity contribution in [3.05, 3.63) is 18.5 Å². The summed E-state index contributed by atoms with van der Waals surface area (Å²) in [6.45, 7) is 6.68. The summed E-state index contributed by atoms with van der Waals surface area (Å²) in [6, 6.07) is 1.80. The van der Waals surface area contributed by atoms with Crippen molar-refractivity contribution in [3.8, 4) is 0 Å². The second-order valence-electron chi connectivity index (χ2n) is 4.80. The first-order chi connectivity index (χ1) is 9.11. The van der Waals surface area contributed by atoms with E-state index >= 15 is 0 Å². The summed E-state index contributed by atoms with van der Waals surface area (Å²) in [4.78, 5) is 19.9. The molecule has 0 saturated heterocycles. The minimum atomic E-state index is -0.110.